The second kappa shape index (κ2) is 8.02. The van der Waals surface area contributed by atoms with Crippen LogP contribution < -0.4 is 9.47 Å². The van der Waals surface area contributed by atoms with Crippen LogP contribution in [0.1, 0.15) is 30.0 Å². The van der Waals surface area contributed by atoms with Crippen molar-refractivity contribution in [2.45, 2.75) is 37.4 Å². The number of benzene rings is 1. The number of nitrogens with one attached hydrogen (secondary N) is 1. The van der Waals surface area contributed by atoms with E-state index in [9.17, 15) is 4.39 Å². The van der Waals surface area contributed by atoms with Gasteiger partial charge in [-0.1, -0.05) is 17.7 Å². The van der Waals surface area contributed by atoms with Gasteiger partial charge in [0.1, 0.15) is 17.7 Å². The number of aromatic amines is 1. The molecular weight excluding hydrogens is 413 g/mol. The largest absolute Gasteiger partial charge is 0.493 e. The molecule has 2 aliphatic rings. The Morgan fingerprint density at radius 1 is 1.27 bits per heavy atom. The van der Waals surface area contributed by atoms with Crippen molar-refractivity contribution in [3.63, 3.8) is 0 Å². The van der Waals surface area contributed by atoms with Crippen molar-refractivity contribution in [3.05, 3.63) is 46.4 Å². The second-order valence-corrected chi connectivity index (χ2v) is 8.06. The molecule has 2 aromatic heterocycles. The van der Waals surface area contributed by atoms with Crippen molar-refractivity contribution in [3.8, 4) is 11.8 Å². The average Bonchev–Trinajstić information content (AvgIpc) is 3.33. The van der Waals surface area contributed by atoms with Crippen LogP contribution in [0.4, 0.5) is 4.39 Å². The molecule has 4 heterocycles. The minimum absolute atomic E-state index is 0.0168. The number of pyridine rings is 1. The fraction of sp³-hybridized carbons (Fsp3) is 0.429. The summed E-state index contributed by atoms with van der Waals surface area (Å²) >= 11 is 6.45. The number of ether oxygens (including phenoxy) is 3. The first-order valence-electron chi connectivity index (χ1n) is 9.96. The first-order chi connectivity index (χ1) is 14.6. The Labute approximate surface area is 177 Å². The Hall–Kier alpha value is -2.42. The number of rotatable bonds is 5. The maximum absolute atomic E-state index is 14.3. The lowest BCUT2D eigenvalue weighted by atomic mass is 9.95. The standard InChI is InChI=1S/C21H21ClFN3O4/c22-14-7-17-20(26-21(25-17)30-13-5-4-12(8-27)28-10-13)24-16(14)6-11-9-29-18-3-1-2-15(23)19(11)18/h1-3,7,11-13,27H,4-6,8-10H2,(H,24,25,26)/t11?,12-,13+/m0/s1. The van der Waals surface area contributed by atoms with Crippen LogP contribution >= 0.6 is 11.6 Å². The minimum Gasteiger partial charge on any atom is -0.493 e. The fourth-order valence-electron chi connectivity index (χ4n) is 4.02. The molecule has 0 radical (unpaired) electrons. The highest BCUT2D eigenvalue weighted by atomic mass is 35.5. The van der Waals surface area contributed by atoms with Gasteiger partial charge in [-0.05, 0) is 31.0 Å². The Kier molecular flexibility index (Phi) is 5.22. The molecular formula is C21H21ClFN3O4. The first kappa shape index (κ1) is 19.5. The van der Waals surface area contributed by atoms with Gasteiger partial charge in [-0.15, -0.1) is 0 Å². The average molecular weight is 434 g/mol. The second-order valence-electron chi connectivity index (χ2n) is 7.65. The smallest absolute Gasteiger partial charge is 0.296 e. The molecule has 0 saturated carbocycles. The highest BCUT2D eigenvalue weighted by Crippen LogP contribution is 2.38. The molecule has 0 spiro atoms. The van der Waals surface area contributed by atoms with E-state index in [2.05, 4.69) is 15.0 Å². The van der Waals surface area contributed by atoms with Crippen LogP contribution in [0.5, 0.6) is 11.8 Å². The summed E-state index contributed by atoms with van der Waals surface area (Å²) < 4.78 is 31.3. The number of aromatic nitrogens is 3. The van der Waals surface area contributed by atoms with Gasteiger partial charge in [-0.3, -0.25) is 0 Å². The molecule has 30 heavy (non-hydrogen) atoms. The highest BCUT2D eigenvalue weighted by Gasteiger charge is 2.29. The van der Waals surface area contributed by atoms with E-state index in [0.717, 1.165) is 12.8 Å². The molecule has 1 aromatic carbocycles. The van der Waals surface area contributed by atoms with Crippen LogP contribution in [0.3, 0.4) is 0 Å². The van der Waals surface area contributed by atoms with E-state index in [1.165, 1.54) is 6.07 Å². The Bertz CT molecular complexity index is 1070. The van der Waals surface area contributed by atoms with Crippen molar-refractivity contribution in [1.82, 2.24) is 15.0 Å². The number of nitrogens with zero attached hydrogens (tertiary/aromatic N) is 2. The quantitative estimate of drug-likeness (QED) is 0.641. The van der Waals surface area contributed by atoms with Crippen LogP contribution in [0.15, 0.2) is 24.3 Å². The SMILES string of the molecule is OC[C@@H]1CC[C@@H](Oc2nc3nc(CC4COc5cccc(F)c54)c(Cl)cc3[nH]2)CO1. The number of halogens is 2. The molecule has 5 rings (SSSR count). The van der Waals surface area contributed by atoms with Crippen molar-refractivity contribution in [1.29, 1.82) is 0 Å². The maximum atomic E-state index is 14.3. The third kappa shape index (κ3) is 3.71. The van der Waals surface area contributed by atoms with Crippen molar-refractivity contribution in [2.24, 2.45) is 0 Å². The summed E-state index contributed by atoms with van der Waals surface area (Å²) in [5.41, 5.74) is 2.36. The molecule has 0 amide bonds. The molecule has 1 saturated heterocycles. The lowest BCUT2D eigenvalue weighted by molar-refractivity contribution is -0.0672. The van der Waals surface area contributed by atoms with Crippen LogP contribution in [0.2, 0.25) is 5.02 Å². The zero-order chi connectivity index (χ0) is 20.7. The van der Waals surface area contributed by atoms with Gasteiger partial charge in [0.2, 0.25) is 0 Å². The number of aliphatic hydroxyl groups excluding tert-OH is 1. The summed E-state index contributed by atoms with van der Waals surface area (Å²) in [7, 11) is 0. The van der Waals surface area contributed by atoms with Crippen LogP contribution in [0, 0.1) is 5.82 Å². The molecule has 9 heteroatoms. The van der Waals surface area contributed by atoms with E-state index in [-0.39, 0.29) is 30.5 Å². The molecule has 7 nitrogen and oxygen atoms in total. The summed E-state index contributed by atoms with van der Waals surface area (Å²) in [4.78, 5) is 12.1. The van der Waals surface area contributed by atoms with Gasteiger partial charge in [-0.2, -0.15) is 4.98 Å². The highest BCUT2D eigenvalue weighted by molar-refractivity contribution is 6.31. The van der Waals surface area contributed by atoms with Gasteiger partial charge in [0, 0.05) is 17.9 Å². The zero-order valence-corrected chi connectivity index (χ0v) is 16.9. The summed E-state index contributed by atoms with van der Waals surface area (Å²) in [6.45, 7) is 0.801. The Morgan fingerprint density at radius 3 is 2.97 bits per heavy atom. The summed E-state index contributed by atoms with van der Waals surface area (Å²) in [6, 6.07) is 6.96. The van der Waals surface area contributed by atoms with E-state index >= 15 is 0 Å². The lowest BCUT2D eigenvalue weighted by Crippen LogP contribution is -2.35. The molecule has 2 N–H and O–H groups in total. The predicted molar refractivity (Wildman–Crippen MR) is 108 cm³/mol. The van der Waals surface area contributed by atoms with Crippen LogP contribution in [-0.2, 0) is 11.2 Å². The number of imidazole rings is 1. The lowest BCUT2D eigenvalue weighted by Gasteiger charge is -2.27. The van der Waals surface area contributed by atoms with Gasteiger partial charge in [-0.25, -0.2) is 9.37 Å². The number of aliphatic hydroxyl groups is 1. The molecule has 1 fully saturated rings. The van der Waals surface area contributed by atoms with E-state index in [0.29, 0.717) is 58.8 Å². The fourth-order valence-corrected chi connectivity index (χ4v) is 4.24. The third-order valence-corrected chi connectivity index (χ3v) is 5.92. The summed E-state index contributed by atoms with van der Waals surface area (Å²) in [5.74, 6) is 0.142. The third-order valence-electron chi connectivity index (χ3n) is 5.59. The molecule has 0 aliphatic carbocycles. The summed E-state index contributed by atoms with van der Waals surface area (Å²) in [5, 5.41) is 9.63. The normalized spacial score (nSPS) is 23.4. The van der Waals surface area contributed by atoms with Crippen molar-refractivity contribution >= 4 is 22.8 Å². The molecule has 1 unspecified atom stereocenters. The summed E-state index contributed by atoms with van der Waals surface area (Å²) in [6.07, 6.45) is 1.69. The number of H-pyrrole nitrogens is 1. The zero-order valence-electron chi connectivity index (χ0n) is 16.1. The van der Waals surface area contributed by atoms with E-state index < -0.39 is 0 Å². The first-order valence-corrected chi connectivity index (χ1v) is 10.3. The van der Waals surface area contributed by atoms with Gasteiger partial charge >= 0.3 is 0 Å². The molecule has 3 atom stereocenters. The van der Waals surface area contributed by atoms with Crippen molar-refractivity contribution < 1.29 is 23.7 Å². The predicted octanol–water partition coefficient (Wildman–Crippen LogP) is 3.39. The minimum atomic E-state index is -0.277. The molecule has 158 valence electrons. The van der Waals surface area contributed by atoms with Gasteiger partial charge in [0.05, 0.1) is 42.2 Å². The Morgan fingerprint density at radius 2 is 2.17 bits per heavy atom. The number of hydrogen-bond donors (Lipinski definition) is 2. The number of hydrogen-bond acceptors (Lipinski definition) is 6. The molecule has 3 aromatic rings. The topological polar surface area (TPSA) is 89.5 Å². The Balaban J connectivity index is 1.34. The van der Waals surface area contributed by atoms with E-state index in [1.807, 2.05) is 0 Å². The van der Waals surface area contributed by atoms with Gasteiger partial charge in [0.15, 0.2) is 5.65 Å². The van der Waals surface area contributed by atoms with Crippen LogP contribution in [0.25, 0.3) is 11.2 Å². The van der Waals surface area contributed by atoms with E-state index in [1.54, 1.807) is 18.2 Å². The van der Waals surface area contributed by atoms with Gasteiger partial charge < -0.3 is 24.3 Å². The van der Waals surface area contributed by atoms with Crippen LogP contribution in [-0.4, -0.2) is 52.1 Å². The molecule has 0 bridgehead atoms. The van der Waals surface area contributed by atoms with Crippen molar-refractivity contribution in [2.75, 3.05) is 19.8 Å². The number of fused-ring (bicyclic) bond motifs is 2. The van der Waals surface area contributed by atoms with E-state index in [4.69, 9.17) is 30.9 Å². The maximum Gasteiger partial charge on any atom is 0.296 e. The monoisotopic (exact) mass is 433 g/mol. The van der Waals surface area contributed by atoms with Gasteiger partial charge in [0.25, 0.3) is 6.01 Å². The molecule has 2 aliphatic heterocycles.